The van der Waals surface area contributed by atoms with Crippen LogP contribution in [-0.4, -0.2) is 17.9 Å². The van der Waals surface area contributed by atoms with Gasteiger partial charge >= 0.3 is 0 Å². The molecule has 3 rings (SSSR count). The summed E-state index contributed by atoms with van der Waals surface area (Å²) in [4.78, 5) is 14.6. The molecule has 0 aliphatic carbocycles. The molecule has 0 aliphatic heterocycles. The number of halogens is 2. The van der Waals surface area contributed by atoms with Crippen molar-refractivity contribution >= 4 is 17.5 Å². The van der Waals surface area contributed by atoms with Crippen LogP contribution in [0.3, 0.4) is 0 Å². The van der Waals surface area contributed by atoms with Crippen molar-refractivity contribution < 1.29 is 18.3 Å². The molecule has 0 bridgehead atoms. The van der Waals surface area contributed by atoms with Crippen LogP contribution in [0.2, 0.25) is 5.02 Å². The Morgan fingerprint density at radius 1 is 1.15 bits per heavy atom. The number of nitrogens with zero attached hydrogens (tertiary/aromatic N) is 1. The van der Waals surface area contributed by atoms with Crippen molar-refractivity contribution in [3.63, 3.8) is 0 Å². The fourth-order valence-corrected chi connectivity index (χ4v) is 2.84. The number of benzene rings is 2. The van der Waals surface area contributed by atoms with Crippen LogP contribution in [0.1, 0.15) is 21.7 Å². The van der Waals surface area contributed by atoms with Gasteiger partial charge in [0.1, 0.15) is 17.3 Å². The van der Waals surface area contributed by atoms with Crippen molar-refractivity contribution in [2.75, 3.05) is 7.11 Å². The van der Waals surface area contributed by atoms with E-state index in [0.29, 0.717) is 28.6 Å². The number of carbonyl (C=O) groups is 1. The second-order valence-electron chi connectivity index (χ2n) is 5.72. The molecule has 0 radical (unpaired) electrons. The summed E-state index contributed by atoms with van der Waals surface area (Å²) in [5.74, 6) is 0.620. The average molecular weight is 374 g/mol. The summed E-state index contributed by atoms with van der Waals surface area (Å²) in [7, 11) is 1.51. The van der Waals surface area contributed by atoms with Crippen LogP contribution in [0.15, 0.2) is 65.3 Å². The molecule has 1 amide bonds. The zero-order chi connectivity index (χ0) is 18.5. The van der Waals surface area contributed by atoms with Crippen molar-refractivity contribution in [1.29, 1.82) is 0 Å². The van der Waals surface area contributed by atoms with Crippen LogP contribution in [0.4, 0.5) is 4.39 Å². The van der Waals surface area contributed by atoms with Crippen LogP contribution in [0, 0.1) is 5.82 Å². The molecule has 1 heterocycles. The highest BCUT2D eigenvalue weighted by molar-refractivity contribution is 6.32. The Labute approximate surface area is 155 Å². The zero-order valence-corrected chi connectivity index (χ0v) is 14.9. The predicted molar refractivity (Wildman–Crippen MR) is 96.7 cm³/mol. The Morgan fingerprint density at radius 2 is 1.92 bits per heavy atom. The van der Waals surface area contributed by atoms with Gasteiger partial charge in [-0.05, 0) is 48.0 Å². The lowest BCUT2D eigenvalue weighted by Crippen LogP contribution is -2.30. The molecule has 0 N–H and O–H groups in total. The highest BCUT2D eigenvalue weighted by atomic mass is 35.5. The maximum absolute atomic E-state index is 13.1. The van der Waals surface area contributed by atoms with Crippen LogP contribution in [0.25, 0.3) is 0 Å². The van der Waals surface area contributed by atoms with E-state index < -0.39 is 0 Å². The summed E-state index contributed by atoms with van der Waals surface area (Å²) < 4.78 is 23.6. The van der Waals surface area contributed by atoms with Crippen molar-refractivity contribution in [1.82, 2.24) is 4.90 Å². The molecule has 0 saturated heterocycles. The van der Waals surface area contributed by atoms with E-state index in [-0.39, 0.29) is 18.3 Å². The van der Waals surface area contributed by atoms with Crippen LogP contribution in [0.5, 0.6) is 5.75 Å². The number of amides is 1. The molecule has 134 valence electrons. The zero-order valence-electron chi connectivity index (χ0n) is 14.1. The highest BCUT2D eigenvalue weighted by Crippen LogP contribution is 2.26. The molecule has 0 unspecified atom stereocenters. The van der Waals surface area contributed by atoms with Crippen molar-refractivity contribution in [3.05, 3.63) is 88.6 Å². The molecule has 0 aliphatic rings. The molecule has 26 heavy (non-hydrogen) atoms. The Hall–Kier alpha value is -2.79. The van der Waals surface area contributed by atoms with Crippen LogP contribution >= 0.6 is 11.6 Å². The summed E-state index contributed by atoms with van der Waals surface area (Å²) >= 11 is 6.14. The van der Waals surface area contributed by atoms with Crippen molar-refractivity contribution in [3.8, 4) is 5.75 Å². The number of methoxy groups -OCH3 is 1. The Bertz CT molecular complexity index is 879. The van der Waals surface area contributed by atoms with Gasteiger partial charge < -0.3 is 14.1 Å². The third kappa shape index (κ3) is 4.24. The van der Waals surface area contributed by atoms with E-state index in [0.717, 1.165) is 5.56 Å². The summed E-state index contributed by atoms with van der Waals surface area (Å²) in [6.45, 7) is 0.594. The fourth-order valence-electron chi connectivity index (χ4n) is 2.58. The lowest BCUT2D eigenvalue weighted by atomic mass is 10.1. The van der Waals surface area contributed by atoms with E-state index in [2.05, 4.69) is 0 Å². The second-order valence-corrected chi connectivity index (χ2v) is 6.12. The number of ether oxygens (including phenoxy) is 1. The van der Waals surface area contributed by atoms with Gasteiger partial charge in [0, 0.05) is 12.1 Å². The first-order valence-electron chi connectivity index (χ1n) is 7.96. The maximum atomic E-state index is 13.1. The van der Waals surface area contributed by atoms with E-state index in [4.69, 9.17) is 20.8 Å². The van der Waals surface area contributed by atoms with Crippen LogP contribution in [-0.2, 0) is 13.1 Å². The largest absolute Gasteiger partial charge is 0.495 e. The number of furan rings is 1. The summed E-state index contributed by atoms with van der Waals surface area (Å²) in [6, 6.07) is 14.5. The number of carbonyl (C=O) groups excluding carboxylic acids is 1. The molecular formula is C20H17ClFNO3. The Kier molecular flexibility index (Phi) is 5.58. The minimum atomic E-state index is -0.320. The normalized spacial score (nSPS) is 10.6. The Balaban J connectivity index is 1.87. The van der Waals surface area contributed by atoms with E-state index in [9.17, 15) is 9.18 Å². The topological polar surface area (TPSA) is 42.7 Å². The lowest BCUT2D eigenvalue weighted by molar-refractivity contribution is 0.0717. The molecule has 0 saturated carbocycles. The summed E-state index contributed by atoms with van der Waals surface area (Å²) in [5.41, 5.74) is 1.25. The van der Waals surface area contributed by atoms with Gasteiger partial charge in [-0.1, -0.05) is 23.7 Å². The van der Waals surface area contributed by atoms with Gasteiger partial charge in [0.05, 0.1) is 24.9 Å². The van der Waals surface area contributed by atoms with Gasteiger partial charge in [0.15, 0.2) is 0 Å². The first-order valence-corrected chi connectivity index (χ1v) is 8.34. The van der Waals surface area contributed by atoms with Gasteiger partial charge in [-0.15, -0.1) is 0 Å². The predicted octanol–water partition coefficient (Wildman–Crippen LogP) is 4.92. The van der Waals surface area contributed by atoms with Gasteiger partial charge in [0.2, 0.25) is 0 Å². The minimum Gasteiger partial charge on any atom is -0.495 e. The Morgan fingerprint density at radius 3 is 2.54 bits per heavy atom. The number of hydrogen-bond donors (Lipinski definition) is 0. The third-order valence-corrected chi connectivity index (χ3v) is 4.19. The standard InChI is InChI=1S/C20H17ClFNO3/c1-25-19-9-6-15(11-18(19)21)20(24)23(13-17-3-2-10-26-17)12-14-4-7-16(22)8-5-14/h2-11H,12-13H2,1H3. The quantitative estimate of drug-likeness (QED) is 0.615. The summed E-state index contributed by atoms with van der Waals surface area (Å²) in [5, 5.41) is 0.359. The van der Waals surface area contributed by atoms with E-state index >= 15 is 0 Å². The van der Waals surface area contributed by atoms with Gasteiger partial charge in [0.25, 0.3) is 5.91 Å². The fraction of sp³-hybridized carbons (Fsp3) is 0.150. The lowest BCUT2D eigenvalue weighted by Gasteiger charge is -2.22. The van der Waals surface area contributed by atoms with Gasteiger partial charge in [-0.2, -0.15) is 0 Å². The molecule has 4 nitrogen and oxygen atoms in total. The molecule has 1 aromatic heterocycles. The smallest absolute Gasteiger partial charge is 0.254 e. The van der Waals surface area contributed by atoms with Crippen molar-refractivity contribution in [2.45, 2.75) is 13.1 Å². The molecular weight excluding hydrogens is 357 g/mol. The first kappa shape index (κ1) is 18.0. The molecule has 0 atom stereocenters. The van der Waals surface area contributed by atoms with Crippen molar-refractivity contribution in [2.24, 2.45) is 0 Å². The highest BCUT2D eigenvalue weighted by Gasteiger charge is 2.19. The monoisotopic (exact) mass is 373 g/mol. The van der Waals surface area contributed by atoms with E-state index in [1.807, 2.05) is 0 Å². The average Bonchev–Trinajstić information content (AvgIpc) is 3.15. The molecule has 2 aromatic carbocycles. The number of hydrogen-bond acceptors (Lipinski definition) is 3. The molecule has 3 aromatic rings. The molecule has 0 fully saturated rings. The van der Waals surface area contributed by atoms with Gasteiger partial charge in [-0.3, -0.25) is 4.79 Å². The van der Waals surface area contributed by atoms with Gasteiger partial charge in [-0.25, -0.2) is 4.39 Å². The maximum Gasteiger partial charge on any atom is 0.254 e. The molecule has 6 heteroatoms. The van der Waals surface area contributed by atoms with Crippen LogP contribution < -0.4 is 4.74 Å². The minimum absolute atomic E-state index is 0.213. The third-order valence-electron chi connectivity index (χ3n) is 3.90. The number of rotatable bonds is 6. The molecule has 0 spiro atoms. The second kappa shape index (κ2) is 8.06. The summed E-state index contributed by atoms with van der Waals surface area (Å²) in [6.07, 6.45) is 1.56. The van der Waals surface area contributed by atoms with E-state index in [1.54, 1.807) is 53.6 Å². The van der Waals surface area contributed by atoms with E-state index in [1.165, 1.54) is 19.2 Å². The first-order chi connectivity index (χ1) is 12.6. The SMILES string of the molecule is COc1ccc(C(=O)N(Cc2ccc(F)cc2)Cc2ccco2)cc1Cl.